The number of hydrogen-bond donors (Lipinski definition) is 2. The standard InChI is InChI=1S/C10H13FN2O2/c1-6(12)8-4-7(11)2-3-9(8)15-5-10(13)14/h2-4,6H,5,12H2,1H3,(H2,13,14)/t6-/m0/s1. The minimum atomic E-state index is -0.588. The molecule has 0 heterocycles. The van der Waals surface area contributed by atoms with Crippen LogP contribution >= 0.6 is 0 Å². The van der Waals surface area contributed by atoms with E-state index in [0.717, 1.165) is 0 Å². The van der Waals surface area contributed by atoms with Gasteiger partial charge in [0.15, 0.2) is 6.61 Å². The third-order valence-corrected chi connectivity index (χ3v) is 1.83. The molecule has 0 aliphatic rings. The van der Waals surface area contributed by atoms with Gasteiger partial charge in [-0.15, -0.1) is 0 Å². The summed E-state index contributed by atoms with van der Waals surface area (Å²) in [5.41, 5.74) is 11.1. The van der Waals surface area contributed by atoms with Crippen molar-refractivity contribution in [1.82, 2.24) is 0 Å². The molecule has 5 heteroatoms. The number of amides is 1. The van der Waals surface area contributed by atoms with Gasteiger partial charge in [0.2, 0.25) is 0 Å². The summed E-state index contributed by atoms with van der Waals surface area (Å²) in [4.78, 5) is 10.5. The molecule has 0 aliphatic carbocycles. The molecular formula is C10H13FN2O2. The van der Waals surface area contributed by atoms with Crippen molar-refractivity contribution in [3.63, 3.8) is 0 Å². The molecule has 0 spiro atoms. The molecular weight excluding hydrogens is 199 g/mol. The maximum Gasteiger partial charge on any atom is 0.255 e. The summed E-state index contributed by atoms with van der Waals surface area (Å²) in [6.45, 7) is 1.46. The predicted molar refractivity (Wildman–Crippen MR) is 53.7 cm³/mol. The van der Waals surface area contributed by atoms with Crippen molar-refractivity contribution in [3.05, 3.63) is 29.6 Å². The highest BCUT2D eigenvalue weighted by Crippen LogP contribution is 2.24. The Bertz CT molecular complexity index is 366. The van der Waals surface area contributed by atoms with E-state index in [4.69, 9.17) is 16.2 Å². The van der Waals surface area contributed by atoms with Crippen molar-refractivity contribution in [2.24, 2.45) is 11.5 Å². The maximum atomic E-state index is 12.9. The molecule has 0 unspecified atom stereocenters. The summed E-state index contributed by atoms with van der Waals surface area (Å²) >= 11 is 0. The summed E-state index contributed by atoms with van der Waals surface area (Å²) in [7, 11) is 0. The van der Waals surface area contributed by atoms with Gasteiger partial charge >= 0.3 is 0 Å². The number of primary amides is 1. The first-order chi connectivity index (χ1) is 7.00. The fourth-order valence-electron chi connectivity index (χ4n) is 1.16. The van der Waals surface area contributed by atoms with Crippen LogP contribution in [0.2, 0.25) is 0 Å². The molecule has 1 aromatic carbocycles. The van der Waals surface area contributed by atoms with E-state index in [1.807, 2.05) is 0 Å². The molecule has 0 saturated carbocycles. The molecule has 1 aromatic rings. The molecule has 1 atom stereocenters. The van der Waals surface area contributed by atoms with Gasteiger partial charge in [-0.25, -0.2) is 4.39 Å². The highest BCUT2D eigenvalue weighted by atomic mass is 19.1. The third kappa shape index (κ3) is 3.21. The Kier molecular flexibility index (Phi) is 3.62. The average molecular weight is 212 g/mol. The van der Waals surface area contributed by atoms with Gasteiger partial charge in [-0.3, -0.25) is 4.79 Å². The number of rotatable bonds is 4. The number of carbonyl (C=O) groups excluding carboxylic acids is 1. The van der Waals surface area contributed by atoms with Crippen LogP contribution in [0.1, 0.15) is 18.5 Å². The summed E-state index contributed by atoms with van der Waals surface area (Å²) in [6, 6.07) is 3.57. The van der Waals surface area contributed by atoms with Gasteiger partial charge in [-0.2, -0.15) is 0 Å². The van der Waals surface area contributed by atoms with Crippen LogP contribution in [0.15, 0.2) is 18.2 Å². The average Bonchev–Trinajstić information content (AvgIpc) is 2.15. The predicted octanol–water partition coefficient (Wildman–Crippen LogP) is 0.710. The van der Waals surface area contributed by atoms with Crippen LogP contribution in [-0.4, -0.2) is 12.5 Å². The van der Waals surface area contributed by atoms with Crippen LogP contribution in [0.4, 0.5) is 4.39 Å². The maximum absolute atomic E-state index is 12.9. The van der Waals surface area contributed by atoms with Gasteiger partial charge < -0.3 is 16.2 Å². The van der Waals surface area contributed by atoms with Gasteiger partial charge in [0.05, 0.1) is 0 Å². The second-order valence-corrected chi connectivity index (χ2v) is 3.23. The third-order valence-electron chi connectivity index (χ3n) is 1.83. The minimum absolute atomic E-state index is 0.245. The van der Waals surface area contributed by atoms with Crippen molar-refractivity contribution in [2.45, 2.75) is 13.0 Å². The highest BCUT2D eigenvalue weighted by Gasteiger charge is 2.10. The molecule has 1 rings (SSSR count). The van der Waals surface area contributed by atoms with Crippen molar-refractivity contribution >= 4 is 5.91 Å². The van der Waals surface area contributed by atoms with Crippen molar-refractivity contribution in [3.8, 4) is 5.75 Å². The first-order valence-electron chi connectivity index (χ1n) is 4.47. The summed E-state index contributed by atoms with van der Waals surface area (Å²) in [5, 5.41) is 0. The SMILES string of the molecule is C[C@H](N)c1cc(F)ccc1OCC(N)=O. The Morgan fingerprint density at radius 2 is 2.27 bits per heavy atom. The number of nitrogens with two attached hydrogens (primary N) is 2. The summed E-state index contributed by atoms with van der Waals surface area (Å²) < 4.78 is 18.0. The van der Waals surface area contributed by atoms with E-state index < -0.39 is 11.7 Å². The molecule has 4 N–H and O–H groups in total. The molecule has 0 aliphatic heterocycles. The molecule has 1 amide bonds. The van der Waals surface area contributed by atoms with Gasteiger partial charge in [0, 0.05) is 11.6 Å². The Morgan fingerprint density at radius 3 is 2.80 bits per heavy atom. The summed E-state index contributed by atoms with van der Waals surface area (Å²) in [6.07, 6.45) is 0. The number of halogens is 1. The molecule has 0 fully saturated rings. The molecule has 0 radical (unpaired) electrons. The number of carbonyl (C=O) groups is 1. The molecule has 0 bridgehead atoms. The van der Waals surface area contributed by atoms with Gasteiger partial charge in [0.25, 0.3) is 5.91 Å². The largest absolute Gasteiger partial charge is 0.483 e. The van der Waals surface area contributed by atoms with E-state index in [1.54, 1.807) is 6.92 Å². The Morgan fingerprint density at radius 1 is 1.60 bits per heavy atom. The van der Waals surface area contributed by atoms with Crippen LogP contribution in [0.25, 0.3) is 0 Å². The van der Waals surface area contributed by atoms with E-state index in [0.29, 0.717) is 11.3 Å². The second-order valence-electron chi connectivity index (χ2n) is 3.23. The monoisotopic (exact) mass is 212 g/mol. The second kappa shape index (κ2) is 4.75. The quantitative estimate of drug-likeness (QED) is 0.771. The van der Waals surface area contributed by atoms with Crippen molar-refractivity contribution in [1.29, 1.82) is 0 Å². The first-order valence-corrected chi connectivity index (χ1v) is 4.47. The Hall–Kier alpha value is -1.62. The Labute approximate surface area is 87.0 Å². The van der Waals surface area contributed by atoms with Crippen LogP contribution in [0.3, 0.4) is 0 Å². The smallest absolute Gasteiger partial charge is 0.255 e. The molecule has 0 saturated heterocycles. The molecule has 82 valence electrons. The van der Waals surface area contributed by atoms with E-state index >= 15 is 0 Å². The van der Waals surface area contributed by atoms with Crippen LogP contribution in [0.5, 0.6) is 5.75 Å². The lowest BCUT2D eigenvalue weighted by atomic mass is 10.1. The highest BCUT2D eigenvalue weighted by molar-refractivity contribution is 5.75. The van der Waals surface area contributed by atoms with Gasteiger partial charge in [0.1, 0.15) is 11.6 Å². The van der Waals surface area contributed by atoms with Gasteiger partial charge in [-0.05, 0) is 25.1 Å². The molecule has 15 heavy (non-hydrogen) atoms. The Balaban J connectivity index is 2.90. The zero-order chi connectivity index (χ0) is 11.4. The first kappa shape index (κ1) is 11.5. The fourth-order valence-corrected chi connectivity index (χ4v) is 1.16. The topological polar surface area (TPSA) is 78.3 Å². The number of ether oxygens (including phenoxy) is 1. The lowest BCUT2D eigenvalue weighted by molar-refractivity contribution is -0.119. The van der Waals surface area contributed by atoms with Crippen molar-refractivity contribution in [2.75, 3.05) is 6.61 Å². The summed E-state index contributed by atoms with van der Waals surface area (Å²) in [5.74, 6) is -0.603. The van der Waals surface area contributed by atoms with Gasteiger partial charge in [-0.1, -0.05) is 0 Å². The zero-order valence-electron chi connectivity index (χ0n) is 8.37. The number of hydrogen-bond acceptors (Lipinski definition) is 3. The number of benzene rings is 1. The minimum Gasteiger partial charge on any atom is -0.483 e. The lowest BCUT2D eigenvalue weighted by Crippen LogP contribution is -2.21. The van der Waals surface area contributed by atoms with Crippen molar-refractivity contribution < 1.29 is 13.9 Å². The fraction of sp³-hybridized carbons (Fsp3) is 0.300. The zero-order valence-corrected chi connectivity index (χ0v) is 8.37. The lowest BCUT2D eigenvalue weighted by Gasteiger charge is -2.12. The normalized spacial score (nSPS) is 12.2. The van der Waals surface area contributed by atoms with Crippen LogP contribution in [-0.2, 0) is 4.79 Å². The van der Waals surface area contributed by atoms with E-state index in [2.05, 4.69) is 0 Å². The van der Waals surface area contributed by atoms with E-state index in [1.165, 1.54) is 18.2 Å². The van der Waals surface area contributed by atoms with Crippen LogP contribution < -0.4 is 16.2 Å². The van der Waals surface area contributed by atoms with E-state index in [-0.39, 0.29) is 12.6 Å². The van der Waals surface area contributed by atoms with Crippen LogP contribution in [0, 0.1) is 5.82 Å². The van der Waals surface area contributed by atoms with E-state index in [9.17, 15) is 9.18 Å². The molecule has 0 aromatic heterocycles. The molecule has 4 nitrogen and oxygen atoms in total.